The fourth-order valence-corrected chi connectivity index (χ4v) is 2.56. The zero-order chi connectivity index (χ0) is 17.3. The van der Waals surface area contributed by atoms with Crippen molar-refractivity contribution in [2.45, 2.75) is 26.9 Å². The van der Waals surface area contributed by atoms with Crippen LogP contribution in [0.4, 0.5) is 24.5 Å². The number of likely N-dealkylation sites (N-methyl/N-ethyl adjacent to an activating group) is 1. The maximum Gasteiger partial charge on any atom is 0.418 e. The third-order valence-corrected chi connectivity index (χ3v) is 3.97. The van der Waals surface area contributed by atoms with E-state index >= 15 is 0 Å². The van der Waals surface area contributed by atoms with E-state index in [9.17, 15) is 13.2 Å². The van der Waals surface area contributed by atoms with Gasteiger partial charge in [0.15, 0.2) is 0 Å². The Labute approximate surface area is 136 Å². The minimum Gasteiger partial charge on any atom is -0.385 e. The fourth-order valence-electron chi connectivity index (χ4n) is 2.56. The Balaban J connectivity index is 2.25. The molecule has 1 N–H and O–H groups in total. The van der Waals surface area contributed by atoms with E-state index in [-0.39, 0.29) is 11.1 Å². The van der Waals surface area contributed by atoms with E-state index in [1.54, 1.807) is 12.1 Å². The van der Waals surface area contributed by atoms with Gasteiger partial charge < -0.3 is 15.1 Å². The highest BCUT2D eigenvalue weighted by Crippen LogP contribution is 2.38. The Morgan fingerprint density at radius 1 is 1.04 bits per heavy atom. The lowest BCUT2D eigenvalue weighted by Gasteiger charge is -2.35. The summed E-state index contributed by atoms with van der Waals surface area (Å²) in [6.07, 6.45) is -4.35. The van der Waals surface area contributed by atoms with Crippen LogP contribution in [-0.2, 0) is 6.18 Å². The molecule has 0 unspecified atom stereocenters. The first kappa shape index (κ1) is 17.9. The van der Waals surface area contributed by atoms with Crippen LogP contribution in [-0.4, -0.2) is 44.7 Å². The molecule has 0 amide bonds. The van der Waals surface area contributed by atoms with Crippen molar-refractivity contribution in [3.63, 3.8) is 0 Å². The summed E-state index contributed by atoms with van der Waals surface area (Å²) >= 11 is 0. The third kappa shape index (κ3) is 5.03. The summed E-state index contributed by atoms with van der Waals surface area (Å²) in [5.41, 5.74) is 0.257. The molecule has 0 aliphatic carbocycles. The zero-order valence-corrected chi connectivity index (χ0v) is 14.3. The molecule has 1 aliphatic heterocycles. The van der Waals surface area contributed by atoms with Gasteiger partial charge in [-0.1, -0.05) is 20.8 Å². The number of rotatable bonds is 3. The van der Waals surface area contributed by atoms with Crippen molar-refractivity contribution in [1.29, 1.82) is 0 Å². The summed E-state index contributed by atoms with van der Waals surface area (Å²) in [6, 6.07) is 4.58. The van der Waals surface area contributed by atoms with E-state index in [2.05, 4.69) is 10.2 Å². The van der Waals surface area contributed by atoms with E-state index in [4.69, 9.17) is 0 Å². The SMILES string of the molecule is CN1CCN(c2ccc(NCC(C)(C)C)cc2C(F)(F)F)CC1. The quantitative estimate of drug-likeness (QED) is 0.907. The number of benzene rings is 1. The minimum atomic E-state index is -4.35. The lowest BCUT2D eigenvalue weighted by Crippen LogP contribution is -2.45. The molecular formula is C17H26F3N3. The number of nitrogens with zero attached hydrogens (tertiary/aromatic N) is 2. The van der Waals surface area contributed by atoms with Gasteiger partial charge >= 0.3 is 6.18 Å². The molecule has 2 rings (SSSR count). The Morgan fingerprint density at radius 2 is 1.65 bits per heavy atom. The summed E-state index contributed by atoms with van der Waals surface area (Å²) in [7, 11) is 1.99. The number of anilines is 2. The molecule has 0 atom stereocenters. The first-order valence-electron chi connectivity index (χ1n) is 7.95. The molecule has 1 heterocycles. The maximum atomic E-state index is 13.5. The van der Waals surface area contributed by atoms with E-state index in [1.165, 1.54) is 6.07 Å². The first-order valence-corrected chi connectivity index (χ1v) is 7.95. The van der Waals surface area contributed by atoms with E-state index in [1.807, 2.05) is 32.7 Å². The van der Waals surface area contributed by atoms with Crippen LogP contribution in [0.5, 0.6) is 0 Å². The first-order chi connectivity index (χ1) is 10.6. The number of piperazine rings is 1. The second-order valence-electron chi connectivity index (χ2n) is 7.43. The Bertz CT molecular complexity index is 527. The molecule has 0 radical (unpaired) electrons. The van der Waals surface area contributed by atoms with Crippen LogP contribution in [0.1, 0.15) is 26.3 Å². The van der Waals surface area contributed by atoms with Crippen molar-refractivity contribution >= 4 is 11.4 Å². The van der Waals surface area contributed by atoms with Gasteiger partial charge in [0.25, 0.3) is 0 Å². The van der Waals surface area contributed by atoms with Gasteiger partial charge in [0.05, 0.1) is 5.56 Å². The van der Waals surface area contributed by atoms with Gasteiger partial charge in [-0.25, -0.2) is 0 Å². The van der Waals surface area contributed by atoms with Crippen molar-refractivity contribution in [2.75, 3.05) is 50.0 Å². The number of nitrogens with one attached hydrogen (secondary N) is 1. The predicted octanol–water partition coefficient (Wildman–Crippen LogP) is 3.92. The lowest BCUT2D eigenvalue weighted by atomic mass is 9.97. The molecular weight excluding hydrogens is 303 g/mol. The Hall–Kier alpha value is -1.43. The van der Waals surface area contributed by atoms with Crippen LogP contribution < -0.4 is 10.2 Å². The van der Waals surface area contributed by atoms with Crippen LogP contribution in [0.2, 0.25) is 0 Å². The van der Waals surface area contributed by atoms with Gasteiger partial charge in [-0.15, -0.1) is 0 Å². The highest BCUT2D eigenvalue weighted by molar-refractivity contribution is 5.62. The van der Waals surface area contributed by atoms with Crippen LogP contribution in [0.25, 0.3) is 0 Å². The number of alkyl halides is 3. The van der Waals surface area contributed by atoms with Crippen LogP contribution in [0.15, 0.2) is 18.2 Å². The second kappa shape index (κ2) is 6.59. The summed E-state index contributed by atoms with van der Waals surface area (Å²) in [5.74, 6) is 0. The number of hydrogen-bond acceptors (Lipinski definition) is 3. The number of halogens is 3. The smallest absolute Gasteiger partial charge is 0.385 e. The summed E-state index contributed by atoms with van der Waals surface area (Å²) < 4.78 is 40.4. The maximum absolute atomic E-state index is 13.5. The lowest BCUT2D eigenvalue weighted by molar-refractivity contribution is -0.137. The van der Waals surface area contributed by atoms with Crippen molar-refractivity contribution in [3.8, 4) is 0 Å². The minimum absolute atomic E-state index is 0.00845. The van der Waals surface area contributed by atoms with E-state index < -0.39 is 11.7 Å². The Kier molecular flexibility index (Phi) is 5.14. The van der Waals surface area contributed by atoms with Crippen molar-refractivity contribution < 1.29 is 13.2 Å². The van der Waals surface area contributed by atoms with Gasteiger partial charge in [-0.3, -0.25) is 0 Å². The van der Waals surface area contributed by atoms with Crippen molar-refractivity contribution in [1.82, 2.24) is 4.90 Å². The van der Waals surface area contributed by atoms with Crippen LogP contribution in [0.3, 0.4) is 0 Å². The molecule has 6 heteroatoms. The largest absolute Gasteiger partial charge is 0.418 e. The molecule has 1 aliphatic rings. The predicted molar refractivity (Wildman–Crippen MR) is 89.1 cm³/mol. The third-order valence-electron chi connectivity index (χ3n) is 3.97. The topological polar surface area (TPSA) is 18.5 Å². The molecule has 0 saturated carbocycles. The molecule has 130 valence electrons. The zero-order valence-electron chi connectivity index (χ0n) is 14.3. The fraction of sp³-hybridized carbons (Fsp3) is 0.647. The van der Waals surface area contributed by atoms with Gasteiger partial charge in [-0.2, -0.15) is 13.2 Å². The molecule has 1 aromatic rings. The average Bonchev–Trinajstić information content (AvgIpc) is 2.44. The molecule has 1 saturated heterocycles. The van der Waals surface area contributed by atoms with Gasteiger partial charge in [-0.05, 0) is 30.7 Å². The standard InChI is InChI=1S/C17H26F3N3/c1-16(2,3)12-21-13-5-6-15(14(11-13)17(18,19)20)23-9-7-22(4)8-10-23/h5-6,11,21H,7-10,12H2,1-4H3. The highest BCUT2D eigenvalue weighted by Gasteiger charge is 2.35. The van der Waals surface area contributed by atoms with Crippen molar-refractivity contribution in [2.24, 2.45) is 5.41 Å². The average molecular weight is 329 g/mol. The van der Waals surface area contributed by atoms with Gasteiger partial charge in [0, 0.05) is 44.1 Å². The second-order valence-corrected chi connectivity index (χ2v) is 7.43. The molecule has 0 bridgehead atoms. The Morgan fingerprint density at radius 3 is 2.17 bits per heavy atom. The van der Waals surface area contributed by atoms with E-state index in [0.29, 0.717) is 25.3 Å². The van der Waals surface area contributed by atoms with Crippen molar-refractivity contribution in [3.05, 3.63) is 23.8 Å². The molecule has 3 nitrogen and oxygen atoms in total. The summed E-state index contributed by atoms with van der Waals surface area (Å²) in [4.78, 5) is 3.96. The van der Waals surface area contributed by atoms with E-state index in [0.717, 1.165) is 13.1 Å². The van der Waals surface area contributed by atoms with Crippen LogP contribution in [0, 0.1) is 5.41 Å². The van der Waals surface area contributed by atoms with Crippen LogP contribution >= 0.6 is 0 Å². The molecule has 0 aromatic heterocycles. The molecule has 23 heavy (non-hydrogen) atoms. The van der Waals surface area contributed by atoms with Gasteiger partial charge in [0.1, 0.15) is 0 Å². The number of hydrogen-bond donors (Lipinski definition) is 1. The molecule has 0 spiro atoms. The van der Waals surface area contributed by atoms with Gasteiger partial charge in [0.2, 0.25) is 0 Å². The highest BCUT2D eigenvalue weighted by atomic mass is 19.4. The molecule has 1 fully saturated rings. The monoisotopic (exact) mass is 329 g/mol. The molecule has 1 aromatic carbocycles. The normalized spacial score (nSPS) is 17.4. The summed E-state index contributed by atoms with van der Waals surface area (Å²) in [6.45, 7) is 9.55. The summed E-state index contributed by atoms with van der Waals surface area (Å²) in [5, 5.41) is 3.11.